The molecule has 32 heavy (non-hydrogen) atoms. The largest absolute Gasteiger partial charge is 0.394 e. The molecule has 2 bridgehead atoms. The summed E-state index contributed by atoms with van der Waals surface area (Å²) in [6.07, 6.45) is 8.00. The molecule has 0 saturated heterocycles. The molecule has 2 aliphatic heterocycles. The Morgan fingerprint density at radius 1 is 1.19 bits per heavy atom. The van der Waals surface area contributed by atoms with Crippen LogP contribution in [0.2, 0.25) is 0 Å². The molecule has 0 radical (unpaired) electrons. The number of carbonyl (C=O) groups is 2. The average molecular weight is 450 g/mol. The number of carbonyl (C=O) groups excluding carboxylic acids is 2. The van der Waals surface area contributed by atoms with E-state index in [1.54, 1.807) is 11.6 Å². The van der Waals surface area contributed by atoms with Gasteiger partial charge in [0.05, 0.1) is 12.3 Å². The molecule has 0 aliphatic carbocycles. The molecule has 2 amide bonds. The van der Waals surface area contributed by atoms with Crippen LogP contribution in [0.5, 0.6) is 0 Å². The van der Waals surface area contributed by atoms with Crippen molar-refractivity contribution in [3.63, 3.8) is 0 Å². The highest BCUT2D eigenvalue weighted by Gasteiger charge is 2.23. The van der Waals surface area contributed by atoms with E-state index in [2.05, 4.69) is 26.3 Å². The third kappa shape index (κ3) is 5.13. The summed E-state index contributed by atoms with van der Waals surface area (Å²) in [5.41, 5.74) is 3.44. The van der Waals surface area contributed by atoms with Crippen LogP contribution in [0.15, 0.2) is 82.6 Å². The lowest BCUT2D eigenvalue weighted by Crippen LogP contribution is -2.48. The summed E-state index contributed by atoms with van der Waals surface area (Å²) >= 11 is 1.26. The average Bonchev–Trinajstić information content (AvgIpc) is 3.24. The lowest BCUT2D eigenvalue weighted by molar-refractivity contribution is -0.124. The van der Waals surface area contributed by atoms with Gasteiger partial charge in [-0.3, -0.25) is 9.59 Å². The van der Waals surface area contributed by atoms with Gasteiger partial charge in [-0.05, 0) is 34.7 Å². The summed E-state index contributed by atoms with van der Waals surface area (Å²) in [5.74, 6) is -0.0273. The number of nitrogens with zero attached hydrogens (tertiary/aromatic N) is 1. The van der Waals surface area contributed by atoms with Crippen LogP contribution in [-0.2, 0) is 11.3 Å². The lowest BCUT2D eigenvalue weighted by atomic mass is 10.1. The van der Waals surface area contributed by atoms with E-state index in [9.17, 15) is 14.7 Å². The number of fused-ring (bicyclic) bond motifs is 2. The fourth-order valence-electron chi connectivity index (χ4n) is 3.28. The van der Waals surface area contributed by atoms with Crippen molar-refractivity contribution in [3.8, 4) is 0 Å². The molecule has 1 unspecified atom stereocenters. The Morgan fingerprint density at radius 2 is 2.03 bits per heavy atom. The zero-order chi connectivity index (χ0) is 22.3. The summed E-state index contributed by atoms with van der Waals surface area (Å²) < 4.78 is 0. The van der Waals surface area contributed by atoms with E-state index in [-0.39, 0.29) is 0 Å². The van der Waals surface area contributed by atoms with Gasteiger partial charge < -0.3 is 26.4 Å². The maximum Gasteiger partial charge on any atom is 0.264 e. The molecule has 3 heterocycles. The Hall–Kier alpha value is -3.69. The minimum atomic E-state index is -1.05. The van der Waals surface area contributed by atoms with Gasteiger partial charge in [0, 0.05) is 31.1 Å². The first-order chi connectivity index (χ1) is 15.6. The van der Waals surface area contributed by atoms with Crippen molar-refractivity contribution in [2.45, 2.75) is 19.0 Å². The third-order valence-corrected chi connectivity index (χ3v) is 5.88. The molecule has 5 N–H and O–H groups in total. The Kier molecular flexibility index (Phi) is 6.78. The van der Waals surface area contributed by atoms with Crippen LogP contribution < -0.4 is 21.3 Å². The zero-order valence-corrected chi connectivity index (χ0v) is 18.0. The molecule has 0 spiro atoms. The Labute approximate surface area is 189 Å². The van der Waals surface area contributed by atoms with E-state index in [0.717, 1.165) is 22.7 Å². The minimum Gasteiger partial charge on any atom is -0.394 e. The summed E-state index contributed by atoms with van der Waals surface area (Å²) in [5, 5.41) is 23.2. The number of nitrogens with one attached hydrogen (secondary N) is 4. The van der Waals surface area contributed by atoms with E-state index >= 15 is 0 Å². The van der Waals surface area contributed by atoms with Gasteiger partial charge in [-0.15, -0.1) is 11.3 Å². The normalized spacial score (nSPS) is 15.3. The number of thiophene rings is 1. The standard InChI is InChI=1S/C23H23N5O3S/c29-14-19(22(30)26-13-15-4-2-1-3-5-15)28-23(31)21-18(8-11-32-21)27-17-7-10-25-20-12-16(17)6-9-24-20/h1-11,19,27,29H,12-14H2,(H,24,25)(H,26,30)(H,28,31). The number of aliphatic hydroxyl groups is 1. The highest BCUT2D eigenvalue weighted by molar-refractivity contribution is 7.12. The van der Waals surface area contributed by atoms with Crippen LogP contribution in [0.1, 0.15) is 21.7 Å². The predicted molar refractivity (Wildman–Crippen MR) is 125 cm³/mol. The first kappa shape index (κ1) is 21.5. The fraction of sp³-hybridized carbons (Fsp3) is 0.174. The molecule has 2 aliphatic rings. The molecule has 2 aromatic rings. The van der Waals surface area contributed by atoms with Crippen molar-refractivity contribution in [3.05, 3.63) is 88.0 Å². The monoisotopic (exact) mass is 449 g/mol. The lowest BCUT2D eigenvalue weighted by Gasteiger charge is -2.17. The molecule has 1 aromatic carbocycles. The molecule has 0 fully saturated rings. The van der Waals surface area contributed by atoms with Gasteiger partial charge >= 0.3 is 0 Å². The summed E-state index contributed by atoms with van der Waals surface area (Å²) in [6, 6.07) is 10.2. The second-order valence-corrected chi connectivity index (χ2v) is 8.10. The number of aliphatic hydroxyl groups excluding tert-OH is 1. The van der Waals surface area contributed by atoms with E-state index in [4.69, 9.17) is 0 Å². The second kappa shape index (κ2) is 10.1. The third-order valence-electron chi connectivity index (χ3n) is 4.96. The van der Waals surface area contributed by atoms with Crippen LogP contribution in [0.3, 0.4) is 0 Å². The van der Waals surface area contributed by atoms with Crippen molar-refractivity contribution < 1.29 is 14.7 Å². The zero-order valence-electron chi connectivity index (χ0n) is 17.2. The van der Waals surface area contributed by atoms with Crippen LogP contribution in [-0.4, -0.2) is 35.4 Å². The molecule has 1 aromatic heterocycles. The summed E-state index contributed by atoms with van der Waals surface area (Å²) in [6.45, 7) is -0.190. The summed E-state index contributed by atoms with van der Waals surface area (Å²) in [4.78, 5) is 30.1. The molecule has 164 valence electrons. The van der Waals surface area contributed by atoms with Crippen molar-refractivity contribution in [2.24, 2.45) is 4.99 Å². The minimum absolute atomic E-state index is 0.313. The number of anilines is 1. The molecule has 9 heteroatoms. The van der Waals surface area contributed by atoms with Crippen molar-refractivity contribution in [2.75, 3.05) is 11.9 Å². The van der Waals surface area contributed by atoms with E-state index in [1.165, 1.54) is 11.3 Å². The Morgan fingerprint density at radius 3 is 2.84 bits per heavy atom. The van der Waals surface area contributed by atoms with Crippen LogP contribution >= 0.6 is 11.3 Å². The quantitative estimate of drug-likeness (QED) is 0.424. The molecule has 4 rings (SSSR count). The maximum atomic E-state index is 12.9. The number of amidine groups is 1. The van der Waals surface area contributed by atoms with Crippen molar-refractivity contribution in [1.82, 2.24) is 16.0 Å². The van der Waals surface area contributed by atoms with E-state index < -0.39 is 24.5 Å². The number of aliphatic imine (C=N–C) groups is 1. The van der Waals surface area contributed by atoms with Gasteiger partial charge in [0.1, 0.15) is 16.8 Å². The number of hydrogen-bond donors (Lipinski definition) is 5. The predicted octanol–water partition coefficient (Wildman–Crippen LogP) is 2.25. The molecule has 1 atom stereocenters. The molecular weight excluding hydrogens is 426 g/mol. The molecule has 8 nitrogen and oxygen atoms in total. The van der Waals surface area contributed by atoms with Gasteiger partial charge in [0.15, 0.2) is 0 Å². The van der Waals surface area contributed by atoms with Gasteiger partial charge in [0.2, 0.25) is 5.91 Å². The second-order valence-electron chi connectivity index (χ2n) is 7.19. The number of benzene rings is 1. The molecular formula is C23H23N5O3S. The Bertz CT molecular complexity index is 1120. The smallest absolute Gasteiger partial charge is 0.264 e. The number of hydrogen-bond acceptors (Lipinski definition) is 7. The van der Waals surface area contributed by atoms with Gasteiger partial charge in [0.25, 0.3) is 5.91 Å². The SMILES string of the molecule is O=C(NC(CO)C(=O)NCc1ccccc1)c1sccc1NC1=C2C=CNC(=NC=C1)C2. The van der Waals surface area contributed by atoms with E-state index in [1.807, 2.05) is 54.8 Å². The van der Waals surface area contributed by atoms with Crippen molar-refractivity contribution >= 4 is 34.7 Å². The van der Waals surface area contributed by atoms with Crippen molar-refractivity contribution in [1.29, 1.82) is 0 Å². The van der Waals surface area contributed by atoms with Crippen LogP contribution in [0, 0.1) is 0 Å². The van der Waals surface area contributed by atoms with Crippen LogP contribution in [0.25, 0.3) is 0 Å². The van der Waals surface area contributed by atoms with Crippen LogP contribution in [0.4, 0.5) is 5.69 Å². The summed E-state index contributed by atoms with van der Waals surface area (Å²) in [7, 11) is 0. The first-order valence-corrected chi connectivity index (χ1v) is 11.0. The topological polar surface area (TPSA) is 115 Å². The number of amides is 2. The maximum absolute atomic E-state index is 12.9. The number of allylic oxidation sites excluding steroid dienone is 2. The highest BCUT2D eigenvalue weighted by Crippen LogP contribution is 2.27. The number of rotatable bonds is 8. The van der Waals surface area contributed by atoms with Gasteiger partial charge in [-0.1, -0.05) is 30.3 Å². The fourth-order valence-corrected chi connectivity index (χ4v) is 4.03. The molecule has 0 saturated carbocycles. The first-order valence-electron chi connectivity index (χ1n) is 10.1. The Balaban J connectivity index is 1.41. The van der Waals surface area contributed by atoms with Gasteiger partial charge in [-0.2, -0.15) is 0 Å². The van der Waals surface area contributed by atoms with E-state index in [0.29, 0.717) is 23.5 Å². The highest BCUT2D eigenvalue weighted by atomic mass is 32.1. The van der Waals surface area contributed by atoms with Gasteiger partial charge in [-0.25, -0.2) is 4.99 Å².